The molecule has 0 heterocycles. The number of methoxy groups -OCH3 is 1. The van der Waals surface area contributed by atoms with Crippen molar-refractivity contribution in [1.29, 1.82) is 0 Å². The van der Waals surface area contributed by atoms with Crippen LogP contribution in [0.2, 0.25) is 10.0 Å². The summed E-state index contributed by atoms with van der Waals surface area (Å²) in [7, 11) is 1.36. The van der Waals surface area contributed by atoms with Crippen LogP contribution in [0, 0.1) is 6.92 Å². The van der Waals surface area contributed by atoms with E-state index in [0.717, 1.165) is 5.56 Å². The normalized spacial score (nSPS) is 11.5. The third kappa shape index (κ3) is 4.86. The van der Waals surface area contributed by atoms with Crippen molar-refractivity contribution in [2.45, 2.75) is 20.0 Å². The predicted molar refractivity (Wildman–Crippen MR) is 108 cm³/mol. The number of rotatable bonds is 7. The molecule has 0 aromatic heterocycles. The first-order valence-corrected chi connectivity index (χ1v) is 9.21. The van der Waals surface area contributed by atoms with Crippen LogP contribution in [0.1, 0.15) is 34.5 Å². The van der Waals surface area contributed by atoms with Gasteiger partial charge in [0.25, 0.3) is 0 Å². The van der Waals surface area contributed by atoms with E-state index in [4.69, 9.17) is 37.4 Å². The largest absolute Gasteiger partial charge is 0.494 e. The van der Waals surface area contributed by atoms with Gasteiger partial charge in [-0.1, -0.05) is 59.6 Å². The van der Waals surface area contributed by atoms with Gasteiger partial charge in [-0.05, 0) is 31.5 Å². The van der Waals surface area contributed by atoms with Crippen molar-refractivity contribution in [2.24, 2.45) is 0 Å². The molecule has 28 heavy (non-hydrogen) atoms. The highest BCUT2D eigenvalue weighted by atomic mass is 35.5. The second-order valence-corrected chi connectivity index (χ2v) is 6.69. The SMILES string of the molecule is C=C(C(=O)OCC)C(OC(=O)c1c(Cl)ccc(Cl)c1OC)c1ccc(C)cc1. The Morgan fingerprint density at radius 1 is 1.07 bits per heavy atom. The Hall–Kier alpha value is -2.50. The Kier molecular flexibility index (Phi) is 7.49. The molecule has 1 atom stereocenters. The van der Waals surface area contributed by atoms with E-state index in [1.807, 2.05) is 19.1 Å². The van der Waals surface area contributed by atoms with Gasteiger partial charge < -0.3 is 14.2 Å². The summed E-state index contributed by atoms with van der Waals surface area (Å²) >= 11 is 12.3. The molecule has 0 saturated heterocycles. The minimum Gasteiger partial charge on any atom is -0.494 e. The Balaban J connectivity index is 2.44. The Morgan fingerprint density at radius 2 is 1.68 bits per heavy atom. The highest BCUT2D eigenvalue weighted by Crippen LogP contribution is 2.36. The maximum Gasteiger partial charge on any atom is 0.344 e. The molecule has 0 radical (unpaired) electrons. The first-order chi connectivity index (χ1) is 13.3. The van der Waals surface area contributed by atoms with E-state index < -0.39 is 18.0 Å². The van der Waals surface area contributed by atoms with Crippen LogP contribution in [0.15, 0.2) is 48.6 Å². The Morgan fingerprint density at radius 3 is 2.25 bits per heavy atom. The van der Waals surface area contributed by atoms with Gasteiger partial charge in [-0.2, -0.15) is 0 Å². The highest BCUT2D eigenvalue weighted by molar-refractivity contribution is 6.37. The van der Waals surface area contributed by atoms with Crippen molar-refractivity contribution < 1.29 is 23.8 Å². The number of hydrogen-bond donors (Lipinski definition) is 0. The average Bonchev–Trinajstić information content (AvgIpc) is 2.67. The molecule has 0 bridgehead atoms. The zero-order valence-corrected chi connectivity index (χ0v) is 17.3. The molecule has 1 unspecified atom stereocenters. The molecule has 0 fully saturated rings. The predicted octanol–water partition coefficient (Wildman–Crippen LogP) is 5.33. The fourth-order valence-electron chi connectivity index (χ4n) is 2.50. The van der Waals surface area contributed by atoms with Gasteiger partial charge in [0.1, 0.15) is 5.56 Å². The van der Waals surface area contributed by atoms with Gasteiger partial charge in [0.15, 0.2) is 11.9 Å². The van der Waals surface area contributed by atoms with E-state index in [0.29, 0.717) is 5.56 Å². The van der Waals surface area contributed by atoms with E-state index in [-0.39, 0.29) is 33.5 Å². The molecule has 0 N–H and O–H groups in total. The van der Waals surface area contributed by atoms with Crippen LogP contribution in [0.25, 0.3) is 0 Å². The summed E-state index contributed by atoms with van der Waals surface area (Å²) < 4.78 is 15.8. The summed E-state index contributed by atoms with van der Waals surface area (Å²) in [5.41, 5.74) is 1.52. The standard InChI is InChI=1S/C21H20Cl2O5/c1-5-27-20(24)13(3)18(14-8-6-12(2)7-9-14)28-21(25)17-15(22)10-11-16(23)19(17)26-4/h6-11,18H,3,5H2,1-2,4H3. The zero-order chi connectivity index (χ0) is 20.8. The lowest BCUT2D eigenvalue weighted by Gasteiger charge is -2.21. The van der Waals surface area contributed by atoms with Gasteiger partial charge in [0.2, 0.25) is 0 Å². The minimum atomic E-state index is -1.06. The summed E-state index contributed by atoms with van der Waals surface area (Å²) in [6.07, 6.45) is -1.06. The monoisotopic (exact) mass is 422 g/mol. The number of hydrogen-bond acceptors (Lipinski definition) is 5. The molecular formula is C21H20Cl2O5. The second kappa shape index (κ2) is 9.62. The summed E-state index contributed by atoms with van der Waals surface area (Å²) in [5, 5.41) is 0.311. The third-order valence-corrected chi connectivity index (χ3v) is 4.54. The van der Waals surface area contributed by atoms with Gasteiger partial charge in [-0.25, -0.2) is 9.59 Å². The Bertz CT molecular complexity index is 890. The summed E-state index contributed by atoms with van der Waals surface area (Å²) in [4.78, 5) is 25.1. The van der Waals surface area contributed by atoms with Gasteiger partial charge in [-0.15, -0.1) is 0 Å². The van der Waals surface area contributed by atoms with E-state index in [9.17, 15) is 9.59 Å². The van der Waals surface area contributed by atoms with Crippen LogP contribution < -0.4 is 4.74 Å². The molecule has 0 amide bonds. The third-order valence-electron chi connectivity index (χ3n) is 3.93. The molecular weight excluding hydrogens is 403 g/mol. The number of carbonyl (C=O) groups excluding carboxylic acids is 2. The lowest BCUT2D eigenvalue weighted by atomic mass is 10.0. The first-order valence-electron chi connectivity index (χ1n) is 8.45. The summed E-state index contributed by atoms with van der Waals surface area (Å²) in [5.74, 6) is -1.38. The maximum absolute atomic E-state index is 12.9. The maximum atomic E-state index is 12.9. The molecule has 0 spiro atoms. The van der Waals surface area contributed by atoms with Gasteiger partial charge in [-0.3, -0.25) is 0 Å². The Labute approximate surface area is 173 Å². The lowest BCUT2D eigenvalue weighted by Crippen LogP contribution is -2.20. The molecule has 2 aromatic carbocycles. The molecule has 2 rings (SSSR count). The molecule has 0 aliphatic carbocycles. The zero-order valence-electron chi connectivity index (χ0n) is 15.8. The van der Waals surface area contributed by atoms with Crippen LogP contribution in [-0.2, 0) is 14.3 Å². The number of ether oxygens (including phenoxy) is 3. The molecule has 2 aromatic rings. The highest BCUT2D eigenvalue weighted by Gasteiger charge is 2.29. The minimum absolute atomic E-state index is 0.0174. The van der Waals surface area contributed by atoms with Crippen molar-refractivity contribution >= 4 is 35.1 Å². The van der Waals surface area contributed by atoms with Crippen molar-refractivity contribution in [2.75, 3.05) is 13.7 Å². The molecule has 0 aliphatic rings. The van der Waals surface area contributed by atoms with Crippen molar-refractivity contribution in [3.05, 3.63) is 75.3 Å². The smallest absolute Gasteiger partial charge is 0.344 e. The molecule has 0 aliphatic heterocycles. The van der Waals surface area contributed by atoms with E-state index in [1.54, 1.807) is 19.1 Å². The number of esters is 2. The lowest BCUT2D eigenvalue weighted by molar-refractivity contribution is -0.139. The molecule has 5 nitrogen and oxygen atoms in total. The van der Waals surface area contributed by atoms with Crippen molar-refractivity contribution in [1.82, 2.24) is 0 Å². The van der Waals surface area contributed by atoms with Crippen molar-refractivity contribution in [3.8, 4) is 5.75 Å². The van der Waals surface area contributed by atoms with Gasteiger partial charge in [0.05, 0.1) is 29.3 Å². The molecule has 7 heteroatoms. The number of halogens is 2. The number of benzene rings is 2. The topological polar surface area (TPSA) is 61.8 Å². The van der Waals surface area contributed by atoms with Gasteiger partial charge in [0, 0.05) is 0 Å². The van der Waals surface area contributed by atoms with E-state index in [1.165, 1.54) is 19.2 Å². The van der Waals surface area contributed by atoms with Crippen LogP contribution in [0.5, 0.6) is 5.75 Å². The fraction of sp³-hybridized carbons (Fsp3) is 0.238. The van der Waals surface area contributed by atoms with E-state index in [2.05, 4.69) is 6.58 Å². The van der Waals surface area contributed by atoms with Crippen LogP contribution in [-0.4, -0.2) is 25.7 Å². The number of carbonyl (C=O) groups is 2. The fourth-order valence-corrected chi connectivity index (χ4v) is 2.96. The molecule has 148 valence electrons. The van der Waals surface area contributed by atoms with E-state index >= 15 is 0 Å². The molecule has 0 saturated carbocycles. The summed E-state index contributed by atoms with van der Waals surface area (Å²) in [6, 6.07) is 10.1. The van der Waals surface area contributed by atoms with Crippen LogP contribution in [0.4, 0.5) is 0 Å². The van der Waals surface area contributed by atoms with Gasteiger partial charge >= 0.3 is 11.9 Å². The summed E-state index contributed by atoms with van der Waals surface area (Å²) in [6.45, 7) is 7.52. The quantitative estimate of drug-likeness (QED) is 0.445. The number of aryl methyl sites for hydroxylation is 1. The second-order valence-electron chi connectivity index (χ2n) is 5.88. The first kappa shape index (κ1) is 21.8. The van der Waals surface area contributed by atoms with Crippen molar-refractivity contribution in [3.63, 3.8) is 0 Å². The van der Waals surface area contributed by atoms with Crippen LogP contribution in [0.3, 0.4) is 0 Å². The average molecular weight is 423 g/mol. The van der Waals surface area contributed by atoms with Crippen LogP contribution >= 0.6 is 23.2 Å².